The van der Waals surface area contributed by atoms with Crippen molar-refractivity contribution in [3.63, 3.8) is 0 Å². The van der Waals surface area contributed by atoms with E-state index in [1.165, 1.54) is 17.7 Å². The largest absolute Gasteiger partial charge is 0.385 e. The Morgan fingerprint density at radius 3 is 2.88 bits per heavy atom. The van der Waals surface area contributed by atoms with E-state index in [0.717, 1.165) is 18.7 Å². The topological polar surface area (TPSA) is 24.9 Å². The molecule has 1 aromatic carbocycles. The van der Waals surface area contributed by atoms with E-state index in [4.69, 9.17) is 0 Å². The Kier molecular flexibility index (Phi) is 3.49. The minimum absolute atomic E-state index is 0.216. The van der Waals surface area contributed by atoms with E-state index in [9.17, 15) is 4.39 Å². The van der Waals surface area contributed by atoms with Crippen molar-refractivity contribution in [3.8, 4) is 0 Å². The first-order valence-electron chi connectivity index (χ1n) is 5.23. The van der Waals surface area contributed by atoms with E-state index >= 15 is 0 Å². The van der Waals surface area contributed by atoms with E-state index in [2.05, 4.69) is 10.3 Å². The van der Waals surface area contributed by atoms with Gasteiger partial charge in [-0.1, -0.05) is 12.1 Å². The number of aromatic nitrogens is 1. The Morgan fingerprint density at radius 2 is 2.12 bits per heavy atom. The molecule has 0 aliphatic carbocycles. The van der Waals surface area contributed by atoms with Crippen LogP contribution < -0.4 is 5.32 Å². The van der Waals surface area contributed by atoms with Crippen LogP contribution in [0.15, 0.2) is 48.8 Å². The van der Waals surface area contributed by atoms with Crippen molar-refractivity contribution in [1.82, 2.24) is 4.98 Å². The average Bonchev–Trinajstić information content (AvgIpc) is 2.30. The number of rotatable bonds is 4. The van der Waals surface area contributed by atoms with Gasteiger partial charge in [-0.15, -0.1) is 0 Å². The molecule has 0 aliphatic rings. The second-order valence-corrected chi connectivity index (χ2v) is 3.55. The number of nitrogens with zero attached hydrogens (tertiary/aromatic N) is 1. The standard InChI is InChI=1S/C13H13FN2/c14-12-4-1-5-13(9-12)16-8-6-11-3-2-7-15-10-11/h1-5,7,9-10,16H,6,8H2. The lowest BCUT2D eigenvalue weighted by atomic mass is 10.2. The van der Waals surface area contributed by atoms with Crippen molar-refractivity contribution in [3.05, 3.63) is 60.2 Å². The second-order valence-electron chi connectivity index (χ2n) is 3.55. The van der Waals surface area contributed by atoms with Gasteiger partial charge in [0, 0.05) is 24.6 Å². The Balaban J connectivity index is 1.85. The Labute approximate surface area is 94.2 Å². The van der Waals surface area contributed by atoms with Gasteiger partial charge in [0.25, 0.3) is 0 Å². The lowest BCUT2D eigenvalue weighted by molar-refractivity contribution is 0.628. The van der Waals surface area contributed by atoms with Gasteiger partial charge in [-0.2, -0.15) is 0 Å². The van der Waals surface area contributed by atoms with Gasteiger partial charge in [0.05, 0.1) is 0 Å². The van der Waals surface area contributed by atoms with Crippen LogP contribution in [0.4, 0.5) is 10.1 Å². The predicted octanol–water partition coefficient (Wildman–Crippen LogP) is 2.88. The zero-order chi connectivity index (χ0) is 11.2. The first-order chi connectivity index (χ1) is 7.84. The summed E-state index contributed by atoms with van der Waals surface area (Å²) in [6.07, 6.45) is 4.47. The number of halogens is 1. The van der Waals surface area contributed by atoms with E-state index in [-0.39, 0.29) is 5.82 Å². The maximum absolute atomic E-state index is 12.9. The lowest BCUT2D eigenvalue weighted by Crippen LogP contribution is -2.04. The van der Waals surface area contributed by atoms with Crippen LogP contribution in [0.3, 0.4) is 0 Å². The molecular formula is C13H13FN2. The zero-order valence-electron chi connectivity index (χ0n) is 8.86. The quantitative estimate of drug-likeness (QED) is 0.850. The van der Waals surface area contributed by atoms with E-state index < -0.39 is 0 Å². The Morgan fingerprint density at radius 1 is 1.19 bits per heavy atom. The fourth-order valence-electron chi connectivity index (χ4n) is 1.50. The maximum Gasteiger partial charge on any atom is 0.125 e. The molecule has 0 unspecified atom stereocenters. The van der Waals surface area contributed by atoms with Crippen LogP contribution in [0.5, 0.6) is 0 Å². The summed E-state index contributed by atoms with van der Waals surface area (Å²) < 4.78 is 12.9. The lowest BCUT2D eigenvalue weighted by Gasteiger charge is -2.05. The number of hydrogen-bond donors (Lipinski definition) is 1. The fourth-order valence-corrected chi connectivity index (χ4v) is 1.50. The van der Waals surface area contributed by atoms with Crippen molar-refractivity contribution >= 4 is 5.69 Å². The molecule has 2 aromatic rings. The first kappa shape index (κ1) is 10.6. The number of pyridine rings is 1. The summed E-state index contributed by atoms with van der Waals surface area (Å²) in [6.45, 7) is 0.773. The third-order valence-electron chi connectivity index (χ3n) is 2.29. The van der Waals surface area contributed by atoms with Crippen LogP contribution in [-0.4, -0.2) is 11.5 Å². The Hall–Kier alpha value is -1.90. The van der Waals surface area contributed by atoms with Crippen LogP contribution >= 0.6 is 0 Å². The minimum atomic E-state index is -0.216. The van der Waals surface area contributed by atoms with Gasteiger partial charge >= 0.3 is 0 Å². The van der Waals surface area contributed by atoms with Gasteiger partial charge < -0.3 is 5.32 Å². The smallest absolute Gasteiger partial charge is 0.125 e. The summed E-state index contributed by atoms with van der Waals surface area (Å²) in [4.78, 5) is 4.04. The van der Waals surface area contributed by atoms with Gasteiger partial charge in [-0.3, -0.25) is 4.98 Å². The van der Waals surface area contributed by atoms with Crippen LogP contribution in [0, 0.1) is 5.82 Å². The van der Waals surface area contributed by atoms with Crippen LogP contribution in [0.25, 0.3) is 0 Å². The van der Waals surface area contributed by atoms with Crippen molar-refractivity contribution in [2.75, 3.05) is 11.9 Å². The van der Waals surface area contributed by atoms with Gasteiger partial charge in [-0.05, 0) is 36.2 Å². The molecular weight excluding hydrogens is 203 g/mol. The van der Waals surface area contributed by atoms with Crippen LogP contribution in [0.1, 0.15) is 5.56 Å². The van der Waals surface area contributed by atoms with E-state index in [1.54, 1.807) is 12.3 Å². The van der Waals surface area contributed by atoms with Crippen molar-refractivity contribution in [2.45, 2.75) is 6.42 Å². The number of benzene rings is 1. The highest BCUT2D eigenvalue weighted by atomic mass is 19.1. The van der Waals surface area contributed by atoms with Gasteiger partial charge in [0.1, 0.15) is 5.82 Å². The van der Waals surface area contributed by atoms with Crippen molar-refractivity contribution < 1.29 is 4.39 Å². The molecule has 0 spiro atoms. The molecule has 0 aliphatic heterocycles. The van der Waals surface area contributed by atoms with Crippen LogP contribution in [-0.2, 0) is 6.42 Å². The molecule has 0 atom stereocenters. The molecule has 0 saturated carbocycles. The zero-order valence-corrected chi connectivity index (χ0v) is 8.86. The third kappa shape index (κ3) is 3.05. The SMILES string of the molecule is Fc1cccc(NCCc2cccnc2)c1. The summed E-state index contributed by atoms with van der Waals surface area (Å²) in [7, 11) is 0. The number of anilines is 1. The van der Waals surface area contributed by atoms with E-state index in [0.29, 0.717) is 0 Å². The van der Waals surface area contributed by atoms with Gasteiger partial charge in [0.2, 0.25) is 0 Å². The molecule has 16 heavy (non-hydrogen) atoms. The minimum Gasteiger partial charge on any atom is -0.385 e. The predicted molar refractivity (Wildman–Crippen MR) is 62.8 cm³/mol. The molecule has 2 nitrogen and oxygen atoms in total. The molecule has 0 amide bonds. The highest BCUT2D eigenvalue weighted by Crippen LogP contribution is 2.09. The highest BCUT2D eigenvalue weighted by molar-refractivity contribution is 5.43. The highest BCUT2D eigenvalue weighted by Gasteiger charge is 1.95. The molecule has 1 aromatic heterocycles. The number of hydrogen-bond acceptors (Lipinski definition) is 2. The van der Waals surface area contributed by atoms with Gasteiger partial charge in [0.15, 0.2) is 0 Å². The molecule has 0 radical (unpaired) electrons. The molecule has 1 heterocycles. The molecule has 0 saturated heterocycles. The molecule has 82 valence electrons. The molecule has 3 heteroatoms. The van der Waals surface area contributed by atoms with Crippen molar-refractivity contribution in [2.24, 2.45) is 0 Å². The summed E-state index contributed by atoms with van der Waals surface area (Å²) in [6, 6.07) is 10.4. The normalized spacial score (nSPS) is 10.1. The Bertz CT molecular complexity index is 443. The summed E-state index contributed by atoms with van der Waals surface area (Å²) in [5.41, 5.74) is 1.98. The van der Waals surface area contributed by atoms with Gasteiger partial charge in [-0.25, -0.2) is 4.39 Å². The molecule has 0 bridgehead atoms. The molecule has 0 fully saturated rings. The molecule has 1 N–H and O–H groups in total. The third-order valence-corrected chi connectivity index (χ3v) is 2.29. The average molecular weight is 216 g/mol. The number of nitrogens with one attached hydrogen (secondary N) is 1. The molecule has 2 rings (SSSR count). The second kappa shape index (κ2) is 5.26. The maximum atomic E-state index is 12.9. The first-order valence-corrected chi connectivity index (χ1v) is 5.23. The van der Waals surface area contributed by atoms with Crippen molar-refractivity contribution in [1.29, 1.82) is 0 Å². The summed E-state index contributed by atoms with van der Waals surface area (Å²) in [5.74, 6) is -0.216. The van der Waals surface area contributed by atoms with Crippen LogP contribution in [0.2, 0.25) is 0 Å². The fraction of sp³-hybridized carbons (Fsp3) is 0.154. The monoisotopic (exact) mass is 216 g/mol. The summed E-state index contributed by atoms with van der Waals surface area (Å²) in [5, 5.41) is 3.17. The van der Waals surface area contributed by atoms with E-state index in [1.807, 2.05) is 24.4 Å². The summed E-state index contributed by atoms with van der Waals surface area (Å²) >= 11 is 0.